The van der Waals surface area contributed by atoms with E-state index in [1.165, 1.54) is 13.1 Å². The Labute approximate surface area is 173 Å². The third-order valence-electron chi connectivity index (χ3n) is 4.22. The second-order valence-electron chi connectivity index (χ2n) is 8.23. The van der Waals surface area contributed by atoms with E-state index in [0.29, 0.717) is 32.7 Å². The van der Waals surface area contributed by atoms with E-state index in [2.05, 4.69) is 0 Å². The number of nitrogens with zero attached hydrogens (tertiary/aromatic N) is 3. The topological polar surface area (TPSA) is 154 Å². The molecular weight excluding hydrogens is 376 g/mol. The van der Waals surface area contributed by atoms with E-state index in [1.54, 1.807) is 9.80 Å². The highest BCUT2D eigenvalue weighted by atomic mass is 16.2. The summed E-state index contributed by atoms with van der Waals surface area (Å²) >= 11 is 0. The zero-order chi connectivity index (χ0) is 22.6. The van der Waals surface area contributed by atoms with Gasteiger partial charge in [0.05, 0.1) is 26.2 Å². The quantitative estimate of drug-likeness (QED) is 0.267. The Balaban J connectivity index is 4.92. The molecule has 29 heavy (non-hydrogen) atoms. The highest BCUT2D eigenvalue weighted by Crippen LogP contribution is 2.15. The molecule has 0 aliphatic heterocycles. The van der Waals surface area contributed by atoms with Gasteiger partial charge in [-0.3, -0.25) is 33.9 Å². The van der Waals surface area contributed by atoms with Gasteiger partial charge < -0.3 is 16.9 Å². The van der Waals surface area contributed by atoms with Gasteiger partial charge in [0, 0.05) is 44.4 Å². The third kappa shape index (κ3) is 13.6. The molecule has 10 heteroatoms. The third-order valence-corrected chi connectivity index (χ3v) is 4.22. The largest absolute Gasteiger partial charge is 0.369 e. The lowest BCUT2D eigenvalue weighted by molar-refractivity contribution is -0.128. The van der Waals surface area contributed by atoms with Crippen LogP contribution < -0.4 is 11.5 Å². The molecule has 0 aromatic rings. The maximum absolute atomic E-state index is 12.3. The molecule has 0 radical (unpaired) electrons. The Morgan fingerprint density at radius 3 is 1.55 bits per heavy atom. The number of amides is 2. The summed E-state index contributed by atoms with van der Waals surface area (Å²) in [6.07, 6.45) is 1.25. The summed E-state index contributed by atoms with van der Waals surface area (Å²) in [6, 6.07) is 0. The average molecular weight is 413 g/mol. The Morgan fingerprint density at radius 1 is 0.793 bits per heavy atom. The fraction of sp³-hybridized carbons (Fsp3) is 0.737. The lowest BCUT2D eigenvalue weighted by atomic mass is 9.90. The molecular formula is C19H36N6O4. The zero-order valence-corrected chi connectivity index (χ0v) is 18.1. The van der Waals surface area contributed by atoms with Crippen LogP contribution in [0, 0.1) is 10.8 Å². The van der Waals surface area contributed by atoms with Crippen LogP contribution in [0.3, 0.4) is 0 Å². The van der Waals surface area contributed by atoms with Crippen LogP contribution in [0.4, 0.5) is 0 Å². The van der Waals surface area contributed by atoms with E-state index >= 15 is 0 Å². The lowest BCUT2D eigenvalue weighted by Crippen LogP contribution is -2.46. The Morgan fingerprint density at radius 2 is 1.21 bits per heavy atom. The van der Waals surface area contributed by atoms with E-state index in [-0.39, 0.29) is 37.7 Å². The minimum Gasteiger partial charge on any atom is -0.369 e. The van der Waals surface area contributed by atoms with Gasteiger partial charge in [-0.25, -0.2) is 0 Å². The van der Waals surface area contributed by atoms with Crippen molar-refractivity contribution in [1.29, 1.82) is 5.41 Å². The fourth-order valence-electron chi connectivity index (χ4n) is 2.61. The van der Waals surface area contributed by atoms with Gasteiger partial charge in [0.2, 0.25) is 11.8 Å². The molecule has 0 aromatic carbocycles. The Bertz CT molecular complexity index is 572. The normalized spacial score (nSPS) is 11.8. The average Bonchev–Trinajstić information content (AvgIpc) is 2.54. The molecule has 0 spiro atoms. The molecule has 0 bridgehead atoms. The number of Topliss-reactive ketones (excluding diaryl/α,β-unsaturated/α-hetero) is 2. The molecule has 0 fully saturated rings. The molecule has 0 atom stereocenters. The van der Waals surface area contributed by atoms with E-state index in [4.69, 9.17) is 16.9 Å². The molecule has 0 aliphatic rings. The van der Waals surface area contributed by atoms with Gasteiger partial charge in [-0.2, -0.15) is 0 Å². The first kappa shape index (κ1) is 26.8. The molecule has 0 saturated heterocycles. The van der Waals surface area contributed by atoms with Gasteiger partial charge in [0.15, 0.2) is 5.78 Å². The van der Waals surface area contributed by atoms with Gasteiger partial charge in [-0.05, 0) is 6.92 Å². The number of hydrogen-bond donors (Lipinski definition) is 3. The molecule has 5 N–H and O–H groups in total. The van der Waals surface area contributed by atoms with Gasteiger partial charge >= 0.3 is 0 Å². The number of carbonyl (C=O) groups is 4. The van der Waals surface area contributed by atoms with Crippen LogP contribution in [0.5, 0.6) is 0 Å². The van der Waals surface area contributed by atoms with Gasteiger partial charge in [0.25, 0.3) is 0 Å². The summed E-state index contributed by atoms with van der Waals surface area (Å²) < 4.78 is 0. The first-order valence-corrected chi connectivity index (χ1v) is 9.60. The van der Waals surface area contributed by atoms with Gasteiger partial charge in [-0.1, -0.05) is 20.8 Å². The monoisotopic (exact) mass is 412 g/mol. The predicted octanol–water partition coefficient (Wildman–Crippen LogP) is -1.28. The van der Waals surface area contributed by atoms with Crippen LogP contribution in [0.1, 0.15) is 27.7 Å². The van der Waals surface area contributed by atoms with E-state index in [0.717, 1.165) is 0 Å². The first-order chi connectivity index (χ1) is 13.3. The smallest absolute Gasteiger partial charge is 0.231 e. The number of primary amides is 2. The number of carbonyl (C=O) groups excluding carboxylic acids is 4. The van der Waals surface area contributed by atoms with Crippen molar-refractivity contribution in [3.8, 4) is 0 Å². The number of ketones is 2. The van der Waals surface area contributed by atoms with E-state index in [1.807, 2.05) is 25.7 Å². The van der Waals surface area contributed by atoms with Crippen molar-refractivity contribution in [3.05, 3.63) is 0 Å². The van der Waals surface area contributed by atoms with Crippen molar-refractivity contribution in [2.75, 3.05) is 58.9 Å². The summed E-state index contributed by atoms with van der Waals surface area (Å²) in [7, 11) is 0. The van der Waals surface area contributed by atoms with Crippen LogP contribution in [0.15, 0.2) is 0 Å². The van der Waals surface area contributed by atoms with Crippen molar-refractivity contribution in [2.24, 2.45) is 16.9 Å². The van der Waals surface area contributed by atoms with Crippen molar-refractivity contribution >= 4 is 29.6 Å². The Hall–Kier alpha value is -2.17. The van der Waals surface area contributed by atoms with Crippen LogP contribution >= 0.6 is 0 Å². The SMILES string of the molecule is CC(=O)CN(CCN(CC=N)CCN(CC(N)=O)CC(=O)C(C)(C)C)CC(N)=O. The van der Waals surface area contributed by atoms with Gasteiger partial charge in [0.1, 0.15) is 5.78 Å². The van der Waals surface area contributed by atoms with Crippen LogP contribution in [-0.2, 0) is 19.2 Å². The molecule has 0 rings (SSSR count). The summed E-state index contributed by atoms with van der Waals surface area (Å²) in [6.45, 7) is 9.28. The molecule has 0 aliphatic carbocycles. The minimum absolute atomic E-state index is 0.00597. The maximum atomic E-state index is 12.3. The lowest BCUT2D eigenvalue weighted by Gasteiger charge is -2.29. The maximum Gasteiger partial charge on any atom is 0.231 e. The summed E-state index contributed by atoms with van der Waals surface area (Å²) in [5, 5.41) is 7.39. The van der Waals surface area contributed by atoms with Crippen molar-refractivity contribution in [2.45, 2.75) is 27.7 Å². The second-order valence-corrected chi connectivity index (χ2v) is 8.23. The molecule has 10 nitrogen and oxygen atoms in total. The molecule has 2 amide bonds. The highest BCUT2D eigenvalue weighted by Gasteiger charge is 2.24. The van der Waals surface area contributed by atoms with Crippen LogP contribution in [0.2, 0.25) is 0 Å². The summed E-state index contributed by atoms with van der Waals surface area (Å²) in [5.41, 5.74) is 10.0. The number of hydrogen-bond acceptors (Lipinski definition) is 8. The van der Waals surface area contributed by atoms with Gasteiger partial charge in [-0.15, -0.1) is 0 Å². The standard InChI is InChI=1S/C19H36N6O4/c1-15(26)11-24(13-17(21)28)9-7-23(6-5-20)8-10-25(14-18(22)29)12-16(27)19(2,3)4/h5,20H,6-14H2,1-4H3,(H2,21,28)(H2,22,29). The first-order valence-electron chi connectivity index (χ1n) is 9.60. The molecule has 166 valence electrons. The van der Waals surface area contributed by atoms with Crippen molar-refractivity contribution in [3.63, 3.8) is 0 Å². The second kappa shape index (κ2) is 13.1. The number of nitrogens with one attached hydrogen (secondary N) is 1. The molecule has 0 saturated carbocycles. The van der Waals surface area contributed by atoms with E-state index < -0.39 is 17.2 Å². The molecule has 0 unspecified atom stereocenters. The summed E-state index contributed by atoms with van der Waals surface area (Å²) in [4.78, 5) is 51.6. The van der Waals surface area contributed by atoms with Crippen molar-refractivity contribution in [1.82, 2.24) is 14.7 Å². The summed E-state index contributed by atoms with van der Waals surface area (Å²) in [5.74, 6) is -1.10. The zero-order valence-electron chi connectivity index (χ0n) is 18.1. The number of nitrogens with two attached hydrogens (primary N) is 2. The fourth-order valence-corrected chi connectivity index (χ4v) is 2.61. The van der Waals surface area contributed by atoms with E-state index in [9.17, 15) is 19.2 Å². The van der Waals surface area contributed by atoms with Crippen LogP contribution in [-0.4, -0.2) is 103 Å². The molecule has 0 heterocycles. The van der Waals surface area contributed by atoms with Crippen LogP contribution in [0.25, 0.3) is 0 Å². The number of rotatable bonds is 16. The minimum atomic E-state index is -0.521. The highest BCUT2D eigenvalue weighted by molar-refractivity contribution is 5.86. The molecule has 0 aromatic heterocycles. The predicted molar refractivity (Wildman–Crippen MR) is 112 cm³/mol. The van der Waals surface area contributed by atoms with Crippen molar-refractivity contribution < 1.29 is 19.2 Å². The Kier molecular flexibility index (Phi) is 12.1.